The standard InChI is InChI=1S/C11H14ClFO/c1-11(2,3)10(14)8-6-7(12)4-5-9(8)13/h4-6,10,14H,1-3H3. The van der Waals surface area contributed by atoms with Gasteiger partial charge in [0.05, 0.1) is 6.10 Å². The van der Waals surface area contributed by atoms with Crippen LogP contribution >= 0.6 is 11.6 Å². The van der Waals surface area contributed by atoms with Gasteiger partial charge in [-0.3, -0.25) is 0 Å². The van der Waals surface area contributed by atoms with Gasteiger partial charge in [0, 0.05) is 10.6 Å². The Bertz CT molecular complexity index is 331. The van der Waals surface area contributed by atoms with E-state index in [-0.39, 0.29) is 5.56 Å². The first-order valence-electron chi connectivity index (χ1n) is 4.45. The van der Waals surface area contributed by atoms with E-state index >= 15 is 0 Å². The summed E-state index contributed by atoms with van der Waals surface area (Å²) >= 11 is 5.73. The Kier molecular flexibility index (Phi) is 3.17. The quantitative estimate of drug-likeness (QED) is 0.761. The van der Waals surface area contributed by atoms with Gasteiger partial charge in [0.2, 0.25) is 0 Å². The zero-order valence-electron chi connectivity index (χ0n) is 8.51. The summed E-state index contributed by atoms with van der Waals surface area (Å²) in [5.74, 6) is -0.420. The number of benzene rings is 1. The van der Waals surface area contributed by atoms with Crippen molar-refractivity contribution in [2.75, 3.05) is 0 Å². The van der Waals surface area contributed by atoms with Gasteiger partial charge in [-0.2, -0.15) is 0 Å². The van der Waals surface area contributed by atoms with E-state index in [0.717, 1.165) is 0 Å². The van der Waals surface area contributed by atoms with Crippen LogP contribution in [0.15, 0.2) is 18.2 Å². The lowest BCUT2D eigenvalue weighted by Crippen LogP contribution is -2.18. The van der Waals surface area contributed by atoms with Gasteiger partial charge in [0.15, 0.2) is 0 Å². The molecule has 1 aromatic rings. The second-order valence-corrected chi connectivity index (χ2v) is 4.87. The molecular weight excluding hydrogens is 203 g/mol. The topological polar surface area (TPSA) is 20.2 Å². The Labute approximate surface area is 88.5 Å². The Morgan fingerprint density at radius 3 is 2.43 bits per heavy atom. The molecule has 1 atom stereocenters. The molecule has 0 amide bonds. The Balaban J connectivity index is 3.12. The predicted octanol–water partition coefficient (Wildman–Crippen LogP) is 3.56. The molecule has 78 valence electrons. The molecule has 0 aliphatic rings. The largest absolute Gasteiger partial charge is 0.388 e. The van der Waals surface area contributed by atoms with Gasteiger partial charge in [-0.05, 0) is 23.6 Å². The molecular formula is C11H14ClFO. The van der Waals surface area contributed by atoms with Crippen molar-refractivity contribution in [3.05, 3.63) is 34.6 Å². The summed E-state index contributed by atoms with van der Waals surface area (Å²) in [4.78, 5) is 0. The number of hydrogen-bond donors (Lipinski definition) is 1. The molecule has 0 aliphatic carbocycles. The third-order valence-electron chi connectivity index (χ3n) is 2.07. The van der Waals surface area contributed by atoms with Crippen LogP contribution in [0.5, 0.6) is 0 Å². The SMILES string of the molecule is CC(C)(C)C(O)c1cc(Cl)ccc1F. The molecule has 1 N–H and O–H groups in total. The average Bonchev–Trinajstić information content (AvgIpc) is 2.06. The van der Waals surface area contributed by atoms with Gasteiger partial charge in [-0.25, -0.2) is 4.39 Å². The minimum Gasteiger partial charge on any atom is -0.388 e. The van der Waals surface area contributed by atoms with E-state index in [1.807, 2.05) is 20.8 Å². The maximum Gasteiger partial charge on any atom is 0.129 e. The third-order valence-corrected chi connectivity index (χ3v) is 2.31. The van der Waals surface area contributed by atoms with E-state index in [2.05, 4.69) is 0 Å². The van der Waals surface area contributed by atoms with Crippen LogP contribution < -0.4 is 0 Å². The third kappa shape index (κ3) is 2.46. The van der Waals surface area contributed by atoms with Gasteiger partial charge >= 0.3 is 0 Å². The number of rotatable bonds is 1. The second-order valence-electron chi connectivity index (χ2n) is 4.43. The van der Waals surface area contributed by atoms with Crippen LogP contribution in [0.4, 0.5) is 4.39 Å². The van der Waals surface area contributed by atoms with Crippen LogP contribution in [0, 0.1) is 11.2 Å². The fourth-order valence-corrected chi connectivity index (χ4v) is 1.37. The van der Waals surface area contributed by atoms with Crippen molar-refractivity contribution in [3.8, 4) is 0 Å². The fourth-order valence-electron chi connectivity index (χ4n) is 1.19. The van der Waals surface area contributed by atoms with Gasteiger partial charge < -0.3 is 5.11 Å². The van der Waals surface area contributed by atoms with E-state index < -0.39 is 17.3 Å². The molecule has 0 heterocycles. The van der Waals surface area contributed by atoms with Crippen molar-refractivity contribution >= 4 is 11.6 Å². The van der Waals surface area contributed by atoms with Crippen LogP contribution in [-0.2, 0) is 0 Å². The molecule has 14 heavy (non-hydrogen) atoms. The fraction of sp³-hybridized carbons (Fsp3) is 0.455. The zero-order valence-corrected chi connectivity index (χ0v) is 9.27. The molecule has 0 saturated carbocycles. The van der Waals surface area contributed by atoms with E-state index in [1.165, 1.54) is 18.2 Å². The number of hydrogen-bond acceptors (Lipinski definition) is 1. The monoisotopic (exact) mass is 216 g/mol. The molecule has 1 nitrogen and oxygen atoms in total. The van der Waals surface area contributed by atoms with Crippen molar-refractivity contribution in [2.45, 2.75) is 26.9 Å². The molecule has 0 radical (unpaired) electrons. The van der Waals surface area contributed by atoms with E-state index in [0.29, 0.717) is 5.02 Å². The first-order valence-corrected chi connectivity index (χ1v) is 4.83. The highest BCUT2D eigenvalue weighted by Gasteiger charge is 2.26. The molecule has 0 bridgehead atoms. The second kappa shape index (κ2) is 3.87. The highest BCUT2D eigenvalue weighted by molar-refractivity contribution is 6.30. The summed E-state index contributed by atoms with van der Waals surface area (Å²) in [7, 11) is 0. The lowest BCUT2D eigenvalue weighted by Gasteiger charge is -2.26. The molecule has 0 fully saturated rings. The molecule has 0 aliphatic heterocycles. The first kappa shape index (κ1) is 11.5. The summed E-state index contributed by atoms with van der Waals surface area (Å²) in [5, 5.41) is 10.3. The van der Waals surface area contributed by atoms with E-state index in [4.69, 9.17) is 11.6 Å². The Morgan fingerprint density at radius 2 is 1.93 bits per heavy atom. The molecule has 1 rings (SSSR count). The average molecular weight is 217 g/mol. The van der Waals surface area contributed by atoms with Crippen LogP contribution in [0.3, 0.4) is 0 Å². The number of aliphatic hydroxyl groups excluding tert-OH is 1. The summed E-state index contributed by atoms with van der Waals surface area (Å²) < 4.78 is 13.3. The minimum absolute atomic E-state index is 0.255. The molecule has 0 aromatic heterocycles. The Hall–Kier alpha value is -0.600. The van der Waals surface area contributed by atoms with Gasteiger partial charge in [0.25, 0.3) is 0 Å². The maximum atomic E-state index is 13.3. The van der Waals surface area contributed by atoms with Crippen LogP contribution in [0.1, 0.15) is 32.4 Å². The maximum absolute atomic E-state index is 13.3. The van der Waals surface area contributed by atoms with Crippen LogP contribution in [0.25, 0.3) is 0 Å². The van der Waals surface area contributed by atoms with Crippen molar-refractivity contribution < 1.29 is 9.50 Å². The van der Waals surface area contributed by atoms with Gasteiger partial charge in [-0.15, -0.1) is 0 Å². The van der Waals surface area contributed by atoms with Gasteiger partial charge in [-0.1, -0.05) is 32.4 Å². The molecule has 3 heteroatoms. The summed E-state index contributed by atoms with van der Waals surface area (Å²) in [5.41, 5.74) is -0.143. The molecule has 1 unspecified atom stereocenters. The van der Waals surface area contributed by atoms with Crippen molar-refractivity contribution in [1.82, 2.24) is 0 Å². The van der Waals surface area contributed by atoms with Crippen molar-refractivity contribution in [2.24, 2.45) is 5.41 Å². The minimum atomic E-state index is -0.846. The normalized spacial score (nSPS) is 14.1. The predicted molar refractivity (Wildman–Crippen MR) is 55.8 cm³/mol. The smallest absolute Gasteiger partial charge is 0.129 e. The van der Waals surface area contributed by atoms with Crippen LogP contribution in [0.2, 0.25) is 5.02 Å². The number of aliphatic hydroxyl groups is 1. The molecule has 0 spiro atoms. The summed E-state index contributed by atoms with van der Waals surface area (Å²) in [6.45, 7) is 5.54. The van der Waals surface area contributed by atoms with Crippen LogP contribution in [-0.4, -0.2) is 5.11 Å². The first-order chi connectivity index (χ1) is 6.32. The lowest BCUT2D eigenvalue weighted by atomic mass is 9.84. The van der Waals surface area contributed by atoms with Crippen molar-refractivity contribution in [3.63, 3.8) is 0 Å². The summed E-state index contributed by atoms with van der Waals surface area (Å²) in [6.07, 6.45) is -0.846. The van der Waals surface area contributed by atoms with E-state index in [1.54, 1.807) is 0 Å². The molecule has 1 aromatic carbocycles. The zero-order chi connectivity index (χ0) is 10.9. The highest BCUT2D eigenvalue weighted by Crippen LogP contribution is 2.34. The number of halogens is 2. The highest BCUT2D eigenvalue weighted by atomic mass is 35.5. The Morgan fingerprint density at radius 1 is 1.36 bits per heavy atom. The summed E-state index contributed by atoms with van der Waals surface area (Å²) in [6, 6.07) is 4.20. The van der Waals surface area contributed by atoms with Crippen molar-refractivity contribution in [1.29, 1.82) is 0 Å². The lowest BCUT2D eigenvalue weighted by molar-refractivity contribution is 0.0595. The molecule has 0 saturated heterocycles. The van der Waals surface area contributed by atoms with E-state index in [9.17, 15) is 9.50 Å². The van der Waals surface area contributed by atoms with Gasteiger partial charge in [0.1, 0.15) is 5.82 Å².